The number of nitriles is 1. The summed E-state index contributed by atoms with van der Waals surface area (Å²) in [7, 11) is 1.91. The fraction of sp³-hybridized carbons (Fsp3) is 0.333. The maximum Gasteiger partial charge on any atom is 0.236 e. The Morgan fingerprint density at radius 2 is 2.13 bits per heavy atom. The van der Waals surface area contributed by atoms with E-state index in [2.05, 4.69) is 21.6 Å². The number of thioether (sulfide) groups is 1. The number of nitrogens with zero attached hydrogens (tertiary/aromatic N) is 5. The molecule has 0 saturated heterocycles. The summed E-state index contributed by atoms with van der Waals surface area (Å²) in [6, 6.07) is 8.22. The second kappa shape index (κ2) is 7.95. The molecular formula is C21H21FN6OS. The van der Waals surface area contributed by atoms with E-state index >= 15 is 0 Å². The number of hydrogen-bond acceptors (Lipinski definition) is 5. The first-order chi connectivity index (χ1) is 14.4. The quantitative estimate of drug-likeness (QED) is 0.608. The highest BCUT2D eigenvalue weighted by Gasteiger charge is 2.29. The van der Waals surface area contributed by atoms with Gasteiger partial charge in [-0.15, -0.1) is 10.2 Å². The normalized spacial score (nSPS) is 13.3. The first-order valence-corrected chi connectivity index (χ1v) is 10.6. The number of amides is 1. The Balaban J connectivity index is 1.57. The standard InChI is InChI=1S/C21H21FN6OS/c1-12-13(2)28(16-6-4-5-15(22)9-16)20(17(12)10-23)24-18(29)11-30-21-26-25-19(27(21)3)14-7-8-14/h4-6,9,14H,7-8,11H2,1-3H3,(H,24,29). The molecule has 0 aliphatic heterocycles. The van der Waals surface area contributed by atoms with E-state index in [9.17, 15) is 14.4 Å². The first kappa shape index (κ1) is 20.2. The number of carbonyl (C=O) groups excluding carboxylic acids is 1. The molecular weight excluding hydrogens is 403 g/mol. The molecule has 2 aromatic heterocycles. The van der Waals surface area contributed by atoms with Crippen LogP contribution in [-0.4, -0.2) is 31.0 Å². The van der Waals surface area contributed by atoms with E-state index in [1.54, 1.807) is 16.7 Å². The minimum absolute atomic E-state index is 0.119. The molecule has 0 radical (unpaired) electrons. The Hall–Kier alpha value is -3.12. The van der Waals surface area contributed by atoms with Crippen molar-refractivity contribution in [1.82, 2.24) is 19.3 Å². The molecule has 1 N–H and O–H groups in total. The SMILES string of the molecule is Cc1c(C#N)c(NC(=O)CSc2nnc(C3CC3)n2C)n(-c2cccc(F)c2)c1C. The average Bonchev–Trinajstić information content (AvgIpc) is 3.45. The highest BCUT2D eigenvalue weighted by molar-refractivity contribution is 7.99. The minimum Gasteiger partial charge on any atom is -0.310 e. The Kier molecular flexibility index (Phi) is 5.35. The number of benzene rings is 1. The molecule has 154 valence electrons. The molecule has 0 spiro atoms. The number of carbonyl (C=O) groups is 1. The molecule has 2 heterocycles. The zero-order valence-electron chi connectivity index (χ0n) is 16.9. The fourth-order valence-corrected chi connectivity index (χ4v) is 4.16. The molecule has 1 fully saturated rings. The molecule has 1 saturated carbocycles. The molecule has 30 heavy (non-hydrogen) atoms. The summed E-state index contributed by atoms with van der Waals surface area (Å²) in [4.78, 5) is 12.7. The molecule has 1 aliphatic rings. The van der Waals surface area contributed by atoms with Gasteiger partial charge in [0.05, 0.1) is 17.0 Å². The second-order valence-electron chi connectivity index (χ2n) is 7.37. The largest absolute Gasteiger partial charge is 0.310 e. The van der Waals surface area contributed by atoms with Crippen LogP contribution in [0.2, 0.25) is 0 Å². The second-order valence-corrected chi connectivity index (χ2v) is 8.31. The zero-order valence-corrected chi connectivity index (χ0v) is 17.8. The van der Waals surface area contributed by atoms with Gasteiger partial charge in [-0.05, 0) is 50.5 Å². The lowest BCUT2D eigenvalue weighted by Gasteiger charge is -2.13. The van der Waals surface area contributed by atoms with E-state index in [0.29, 0.717) is 28.1 Å². The van der Waals surface area contributed by atoms with Crippen LogP contribution in [-0.2, 0) is 11.8 Å². The predicted octanol–water partition coefficient (Wildman–Crippen LogP) is 3.84. The lowest BCUT2D eigenvalue weighted by molar-refractivity contribution is -0.113. The third-order valence-electron chi connectivity index (χ3n) is 5.29. The van der Waals surface area contributed by atoms with Crippen molar-refractivity contribution in [3.8, 4) is 11.8 Å². The van der Waals surface area contributed by atoms with Crippen molar-refractivity contribution in [3.63, 3.8) is 0 Å². The zero-order chi connectivity index (χ0) is 21.4. The molecule has 1 aromatic carbocycles. The van der Waals surface area contributed by atoms with Gasteiger partial charge in [0.15, 0.2) is 5.16 Å². The monoisotopic (exact) mass is 424 g/mol. The van der Waals surface area contributed by atoms with E-state index in [0.717, 1.165) is 29.9 Å². The van der Waals surface area contributed by atoms with Gasteiger partial charge in [0.2, 0.25) is 5.91 Å². The summed E-state index contributed by atoms with van der Waals surface area (Å²) in [6.07, 6.45) is 2.26. The summed E-state index contributed by atoms with van der Waals surface area (Å²) >= 11 is 1.29. The number of hydrogen-bond donors (Lipinski definition) is 1. The van der Waals surface area contributed by atoms with E-state index in [1.807, 2.05) is 25.5 Å². The van der Waals surface area contributed by atoms with Gasteiger partial charge in [-0.3, -0.25) is 9.36 Å². The molecule has 9 heteroatoms. The van der Waals surface area contributed by atoms with E-state index in [1.165, 1.54) is 23.9 Å². The van der Waals surface area contributed by atoms with Crippen LogP contribution in [0.25, 0.3) is 5.69 Å². The minimum atomic E-state index is -0.390. The third kappa shape index (κ3) is 3.71. The van der Waals surface area contributed by atoms with Gasteiger partial charge >= 0.3 is 0 Å². The van der Waals surface area contributed by atoms with Gasteiger partial charge in [0.1, 0.15) is 23.5 Å². The molecule has 1 aliphatic carbocycles. The Bertz CT molecular complexity index is 1170. The molecule has 7 nitrogen and oxygen atoms in total. The number of anilines is 1. The van der Waals surface area contributed by atoms with Crippen molar-refractivity contribution in [3.05, 3.63) is 52.7 Å². The number of halogens is 1. The molecule has 4 rings (SSSR count). The van der Waals surface area contributed by atoms with Crippen molar-refractivity contribution < 1.29 is 9.18 Å². The molecule has 0 unspecified atom stereocenters. The number of rotatable bonds is 6. The summed E-state index contributed by atoms with van der Waals surface area (Å²) in [6.45, 7) is 3.65. The number of nitrogens with one attached hydrogen (secondary N) is 1. The van der Waals surface area contributed by atoms with Crippen molar-refractivity contribution >= 4 is 23.5 Å². The maximum absolute atomic E-state index is 13.8. The van der Waals surface area contributed by atoms with E-state index in [4.69, 9.17) is 0 Å². The average molecular weight is 425 g/mol. The van der Waals surface area contributed by atoms with Gasteiger partial charge in [0, 0.05) is 18.7 Å². The highest BCUT2D eigenvalue weighted by Crippen LogP contribution is 2.39. The van der Waals surface area contributed by atoms with E-state index in [-0.39, 0.29) is 11.7 Å². The topological polar surface area (TPSA) is 88.5 Å². The fourth-order valence-electron chi connectivity index (χ4n) is 3.45. The van der Waals surface area contributed by atoms with Crippen LogP contribution in [0, 0.1) is 31.0 Å². The smallest absolute Gasteiger partial charge is 0.236 e. The Labute approximate surface area is 177 Å². The molecule has 0 atom stereocenters. The summed E-state index contributed by atoms with van der Waals surface area (Å²) < 4.78 is 17.4. The summed E-state index contributed by atoms with van der Waals surface area (Å²) in [5.41, 5.74) is 2.42. The highest BCUT2D eigenvalue weighted by atomic mass is 32.2. The van der Waals surface area contributed by atoms with Gasteiger partial charge < -0.3 is 9.88 Å². The Morgan fingerprint density at radius 1 is 1.37 bits per heavy atom. The molecule has 1 amide bonds. The third-order valence-corrected chi connectivity index (χ3v) is 6.31. The van der Waals surface area contributed by atoms with Crippen molar-refractivity contribution in [1.29, 1.82) is 5.26 Å². The number of aromatic nitrogens is 4. The maximum atomic E-state index is 13.8. The summed E-state index contributed by atoms with van der Waals surface area (Å²) in [5.74, 6) is 1.23. The van der Waals surface area contributed by atoms with Gasteiger partial charge in [-0.2, -0.15) is 5.26 Å². The van der Waals surface area contributed by atoms with Crippen LogP contribution in [0.5, 0.6) is 0 Å². The van der Waals surface area contributed by atoms with Crippen molar-refractivity contribution in [2.24, 2.45) is 7.05 Å². The van der Waals surface area contributed by atoms with Crippen LogP contribution in [0.15, 0.2) is 29.4 Å². The lowest BCUT2D eigenvalue weighted by atomic mass is 10.2. The first-order valence-electron chi connectivity index (χ1n) is 9.60. The predicted molar refractivity (Wildman–Crippen MR) is 112 cm³/mol. The van der Waals surface area contributed by atoms with Crippen LogP contribution in [0.3, 0.4) is 0 Å². The lowest BCUT2D eigenvalue weighted by Crippen LogP contribution is -2.18. The Morgan fingerprint density at radius 3 is 2.80 bits per heavy atom. The van der Waals surface area contributed by atoms with Crippen molar-refractivity contribution in [2.45, 2.75) is 37.8 Å². The van der Waals surface area contributed by atoms with Crippen LogP contribution in [0.1, 0.15) is 41.4 Å². The van der Waals surface area contributed by atoms with Gasteiger partial charge in [0.25, 0.3) is 0 Å². The van der Waals surface area contributed by atoms with Crippen LogP contribution in [0.4, 0.5) is 10.2 Å². The van der Waals surface area contributed by atoms with Gasteiger partial charge in [-0.1, -0.05) is 17.8 Å². The van der Waals surface area contributed by atoms with Gasteiger partial charge in [-0.25, -0.2) is 4.39 Å². The van der Waals surface area contributed by atoms with E-state index < -0.39 is 5.82 Å². The van der Waals surface area contributed by atoms with Crippen molar-refractivity contribution in [2.75, 3.05) is 11.1 Å². The summed E-state index contributed by atoms with van der Waals surface area (Å²) in [5, 5.41) is 21.6. The van der Waals surface area contributed by atoms with Crippen LogP contribution < -0.4 is 5.32 Å². The molecule has 0 bridgehead atoms. The molecule has 3 aromatic rings. The van der Waals surface area contributed by atoms with Crippen LogP contribution >= 0.6 is 11.8 Å².